The van der Waals surface area contributed by atoms with Crippen LogP contribution in [0, 0.1) is 5.41 Å². The van der Waals surface area contributed by atoms with Crippen molar-refractivity contribution >= 4 is 33.8 Å². The summed E-state index contributed by atoms with van der Waals surface area (Å²) in [6.07, 6.45) is -0.166. The Morgan fingerprint density at radius 1 is 0.722 bits per heavy atom. The number of ether oxygens (including phenoxy) is 2. The number of carbonyl (C=O) groups excluding carboxylic acids is 4. The van der Waals surface area contributed by atoms with E-state index < -0.39 is 74.3 Å². The van der Waals surface area contributed by atoms with Crippen LogP contribution in [0.25, 0.3) is 11.3 Å². The summed E-state index contributed by atoms with van der Waals surface area (Å²) >= 11 is 0. The lowest BCUT2D eigenvalue weighted by Crippen LogP contribution is -2.62. The Hall–Kier alpha value is -5.02. The molecule has 5 unspecified atom stereocenters. The van der Waals surface area contributed by atoms with E-state index in [0.29, 0.717) is 0 Å². The number of aliphatic hydroxyl groups is 1. The first-order chi connectivity index (χ1) is 25.3. The summed E-state index contributed by atoms with van der Waals surface area (Å²) in [5.74, 6) is -1.38. The molecule has 0 fully saturated rings. The second kappa shape index (κ2) is 18.8. The summed E-state index contributed by atoms with van der Waals surface area (Å²) in [6, 6.07) is 17.9. The number of nitrogens with zero attached hydrogens (tertiary/aromatic N) is 1. The van der Waals surface area contributed by atoms with Gasteiger partial charge in [0.15, 0.2) is 9.84 Å². The van der Waals surface area contributed by atoms with Gasteiger partial charge in [-0.2, -0.15) is 0 Å². The van der Waals surface area contributed by atoms with Gasteiger partial charge in [-0.15, -0.1) is 0 Å². The van der Waals surface area contributed by atoms with Gasteiger partial charge in [-0.25, -0.2) is 18.0 Å². The highest BCUT2D eigenvalue weighted by Gasteiger charge is 2.45. The first-order valence-corrected chi connectivity index (χ1v) is 19.4. The van der Waals surface area contributed by atoms with Gasteiger partial charge in [0.2, 0.25) is 11.8 Å². The number of amides is 4. The Morgan fingerprint density at radius 3 is 1.78 bits per heavy atom. The molecule has 2 aromatic carbocycles. The van der Waals surface area contributed by atoms with Crippen LogP contribution >= 0.6 is 0 Å². The number of methoxy groups -OCH3 is 2. The Morgan fingerprint density at radius 2 is 1.26 bits per heavy atom. The third-order valence-electron chi connectivity index (χ3n) is 9.30. The Labute approximate surface area is 317 Å². The molecule has 4 amide bonds. The molecular weight excluding hydrogens is 715 g/mol. The predicted molar refractivity (Wildman–Crippen MR) is 205 cm³/mol. The molecule has 0 bridgehead atoms. The largest absolute Gasteiger partial charge is 0.453 e. The van der Waals surface area contributed by atoms with Crippen molar-refractivity contribution in [2.24, 2.45) is 5.41 Å². The van der Waals surface area contributed by atoms with E-state index in [4.69, 9.17) is 9.47 Å². The van der Waals surface area contributed by atoms with Crippen LogP contribution < -0.4 is 21.3 Å². The molecule has 54 heavy (non-hydrogen) atoms. The zero-order chi connectivity index (χ0) is 40.3. The van der Waals surface area contributed by atoms with Crippen LogP contribution in [-0.2, 0) is 41.7 Å². The fourth-order valence-corrected chi connectivity index (χ4v) is 6.37. The Balaban J connectivity index is 2.01. The lowest BCUT2D eigenvalue weighted by Gasteiger charge is -2.35. The van der Waals surface area contributed by atoms with E-state index in [0.717, 1.165) is 35.7 Å². The quantitative estimate of drug-likeness (QED) is 0.144. The number of carbonyl (C=O) groups is 4. The molecule has 0 aliphatic carbocycles. The molecule has 3 rings (SSSR count). The maximum absolute atomic E-state index is 13.9. The minimum atomic E-state index is -3.90. The summed E-state index contributed by atoms with van der Waals surface area (Å²) in [6.45, 7) is 7.97. The number of hydrogen-bond donors (Lipinski definition) is 5. The average molecular weight is 768 g/mol. The molecule has 5 N–H and O–H groups in total. The number of benzene rings is 2. The number of pyridine rings is 1. The molecule has 1 aromatic heterocycles. The van der Waals surface area contributed by atoms with Gasteiger partial charge in [-0.05, 0) is 61.8 Å². The molecule has 5 atom stereocenters. The minimum Gasteiger partial charge on any atom is -0.453 e. The molecule has 0 aliphatic rings. The standard InChI is InChI=1S/C39H53N5O9S/c1-38(2,3)32(43-36(48)52-6)34(46)42-30(23-26-17-19-27(20-18-26)29-16-12-13-21-40-29)31(45)24-28(22-25-14-10-9-11-15-25)41-35(47)33(44-37(49)53-7)39(4,5)54(8,50)51/h9-21,28,30-33,45H,22-24H2,1-8H3,(H,41,47)(H,42,46)(H,43,48)(H,44,49). The highest BCUT2D eigenvalue weighted by atomic mass is 32.2. The molecule has 3 aromatic rings. The lowest BCUT2D eigenvalue weighted by atomic mass is 9.85. The molecule has 15 heteroatoms. The van der Waals surface area contributed by atoms with Gasteiger partial charge < -0.3 is 35.8 Å². The van der Waals surface area contributed by atoms with E-state index in [2.05, 4.69) is 26.3 Å². The first kappa shape index (κ1) is 43.4. The van der Waals surface area contributed by atoms with Crippen LogP contribution in [0.4, 0.5) is 9.59 Å². The minimum absolute atomic E-state index is 0.105. The Kier molecular flexibility index (Phi) is 15.1. The molecule has 294 valence electrons. The van der Waals surface area contributed by atoms with Crippen molar-refractivity contribution in [1.29, 1.82) is 0 Å². The fraction of sp³-hybridized carbons (Fsp3) is 0.462. The number of rotatable bonds is 16. The van der Waals surface area contributed by atoms with Crippen LogP contribution in [0.5, 0.6) is 0 Å². The van der Waals surface area contributed by atoms with E-state index >= 15 is 0 Å². The van der Waals surface area contributed by atoms with Crippen LogP contribution in [0.2, 0.25) is 0 Å². The third-order valence-corrected chi connectivity index (χ3v) is 11.4. The van der Waals surface area contributed by atoms with E-state index in [-0.39, 0.29) is 19.3 Å². The monoisotopic (exact) mass is 767 g/mol. The van der Waals surface area contributed by atoms with Crippen LogP contribution in [0.3, 0.4) is 0 Å². The average Bonchev–Trinajstić information content (AvgIpc) is 3.12. The van der Waals surface area contributed by atoms with Crippen molar-refractivity contribution in [2.45, 2.75) is 88.9 Å². The number of nitrogens with one attached hydrogen (secondary N) is 4. The molecule has 0 saturated carbocycles. The number of alkyl carbamates (subject to hydrolysis) is 2. The summed E-state index contributed by atoms with van der Waals surface area (Å²) in [5, 5.41) is 22.7. The number of sulfone groups is 1. The van der Waals surface area contributed by atoms with Crippen LogP contribution in [0.1, 0.15) is 52.2 Å². The smallest absolute Gasteiger partial charge is 0.407 e. The second-order valence-corrected chi connectivity index (χ2v) is 17.4. The highest BCUT2D eigenvalue weighted by Crippen LogP contribution is 2.24. The van der Waals surface area contributed by atoms with E-state index in [1.807, 2.05) is 72.8 Å². The molecule has 0 aliphatic heterocycles. The maximum Gasteiger partial charge on any atom is 0.407 e. The molecular formula is C39H53N5O9S. The van der Waals surface area contributed by atoms with Gasteiger partial charge in [0.25, 0.3) is 0 Å². The van der Waals surface area contributed by atoms with Gasteiger partial charge in [-0.1, -0.05) is 81.4 Å². The zero-order valence-electron chi connectivity index (χ0n) is 32.1. The SMILES string of the molecule is COC(=O)NC(C(=O)NC(Cc1ccc(-c2ccccn2)cc1)C(O)CC(Cc1ccccc1)NC(=O)C(NC(=O)OC)C(C)(C)S(C)(=O)=O)C(C)(C)C. The normalized spacial score (nSPS) is 14.7. The summed E-state index contributed by atoms with van der Waals surface area (Å²) < 4.78 is 33.3. The summed E-state index contributed by atoms with van der Waals surface area (Å²) in [5.41, 5.74) is 2.46. The highest BCUT2D eigenvalue weighted by molar-refractivity contribution is 7.92. The van der Waals surface area contributed by atoms with Crippen LogP contribution in [0.15, 0.2) is 79.0 Å². The van der Waals surface area contributed by atoms with Crippen molar-refractivity contribution in [2.75, 3.05) is 20.5 Å². The first-order valence-electron chi connectivity index (χ1n) is 17.5. The molecule has 1 heterocycles. The third kappa shape index (κ3) is 12.3. The van der Waals surface area contributed by atoms with Gasteiger partial charge >= 0.3 is 12.2 Å². The topological polar surface area (TPSA) is 202 Å². The van der Waals surface area contributed by atoms with Gasteiger partial charge in [0.05, 0.1) is 36.8 Å². The van der Waals surface area contributed by atoms with Crippen molar-refractivity contribution in [3.63, 3.8) is 0 Å². The second-order valence-electron chi connectivity index (χ2n) is 14.8. The number of aromatic nitrogens is 1. The summed E-state index contributed by atoms with van der Waals surface area (Å²) in [7, 11) is -1.62. The van der Waals surface area contributed by atoms with Crippen molar-refractivity contribution in [3.8, 4) is 11.3 Å². The predicted octanol–water partition coefficient (Wildman–Crippen LogP) is 3.57. The lowest BCUT2D eigenvalue weighted by molar-refractivity contribution is -0.127. The van der Waals surface area contributed by atoms with Crippen molar-refractivity contribution < 1.29 is 42.2 Å². The fourth-order valence-electron chi connectivity index (χ4n) is 5.78. The van der Waals surface area contributed by atoms with Crippen LogP contribution in [-0.4, -0.2) is 98.0 Å². The van der Waals surface area contributed by atoms with Gasteiger partial charge in [0.1, 0.15) is 12.1 Å². The number of hydrogen-bond acceptors (Lipinski definition) is 10. The van der Waals surface area contributed by atoms with Gasteiger partial charge in [-0.3, -0.25) is 14.6 Å². The van der Waals surface area contributed by atoms with Gasteiger partial charge in [0, 0.05) is 24.1 Å². The summed E-state index contributed by atoms with van der Waals surface area (Å²) in [4.78, 5) is 56.8. The molecule has 0 radical (unpaired) electrons. The molecule has 0 saturated heterocycles. The Bertz CT molecular complexity index is 1820. The molecule has 14 nitrogen and oxygen atoms in total. The van der Waals surface area contributed by atoms with E-state index in [1.54, 1.807) is 27.0 Å². The molecule has 0 spiro atoms. The number of aliphatic hydroxyl groups excluding tert-OH is 1. The van der Waals surface area contributed by atoms with Crippen molar-refractivity contribution in [3.05, 3.63) is 90.1 Å². The maximum atomic E-state index is 13.9. The van der Waals surface area contributed by atoms with Crippen molar-refractivity contribution in [1.82, 2.24) is 26.3 Å². The van der Waals surface area contributed by atoms with E-state index in [1.165, 1.54) is 21.0 Å². The zero-order valence-corrected chi connectivity index (χ0v) is 32.9. The van der Waals surface area contributed by atoms with E-state index in [9.17, 15) is 32.7 Å².